The maximum absolute atomic E-state index is 14.0. The van der Waals surface area contributed by atoms with Crippen LogP contribution in [0.25, 0.3) is 17.1 Å². The Hall–Kier alpha value is -4.80. The number of aromatic amines is 1. The van der Waals surface area contributed by atoms with Crippen molar-refractivity contribution in [3.63, 3.8) is 0 Å². The van der Waals surface area contributed by atoms with Crippen molar-refractivity contribution < 1.29 is 36.6 Å². The van der Waals surface area contributed by atoms with E-state index in [4.69, 9.17) is 19.9 Å². The van der Waals surface area contributed by atoms with Gasteiger partial charge in [-0.05, 0) is 43.3 Å². The van der Waals surface area contributed by atoms with Gasteiger partial charge in [0.1, 0.15) is 5.82 Å². The molecule has 2 aromatic heterocycles. The number of nitrogen functional groups attached to an aromatic ring is 1. The van der Waals surface area contributed by atoms with Crippen molar-refractivity contribution in [2.75, 3.05) is 36.8 Å². The summed E-state index contributed by atoms with van der Waals surface area (Å²) in [4.78, 5) is 20.4. The van der Waals surface area contributed by atoms with Crippen molar-refractivity contribution in [3.05, 3.63) is 83.8 Å². The van der Waals surface area contributed by atoms with E-state index in [9.17, 15) is 22.4 Å². The normalized spacial score (nSPS) is 14.7. The van der Waals surface area contributed by atoms with E-state index in [1.54, 1.807) is 19.1 Å². The number of ether oxygens (including phenoxy) is 3. The molecule has 3 heterocycles. The van der Waals surface area contributed by atoms with E-state index >= 15 is 0 Å². The summed E-state index contributed by atoms with van der Waals surface area (Å²) in [7, 11) is 0. The summed E-state index contributed by atoms with van der Waals surface area (Å²) in [5, 5.41) is 4.55. The summed E-state index contributed by atoms with van der Waals surface area (Å²) in [6.07, 6.45) is 6.76. The van der Waals surface area contributed by atoms with Crippen LogP contribution in [0.2, 0.25) is 0 Å². The van der Waals surface area contributed by atoms with Gasteiger partial charge in [-0.2, -0.15) is 13.9 Å². The van der Waals surface area contributed by atoms with Gasteiger partial charge in [0.2, 0.25) is 17.4 Å². The van der Waals surface area contributed by atoms with Gasteiger partial charge >= 0.3 is 6.61 Å². The third kappa shape index (κ3) is 7.65. The maximum Gasteiger partial charge on any atom is 0.387 e. The van der Waals surface area contributed by atoms with Gasteiger partial charge in [0, 0.05) is 48.5 Å². The van der Waals surface area contributed by atoms with Crippen LogP contribution < -0.4 is 19.9 Å². The lowest BCUT2D eigenvalue weighted by atomic mass is 10.1. The molecule has 1 saturated heterocycles. The molecule has 0 atom stereocenters. The first-order valence-corrected chi connectivity index (χ1v) is 14.2. The third-order valence-electron chi connectivity index (χ3n) is 6.36. The lowest BCUT2D eigenvalue weighted by Crippen LogP contribution is -2.32. The topological polar surface area (TPSA) is 132 Å². The van der Waals surface area contributed by atoms with E-state index in [2.05, 4.69) is 19.8 Å². The molecule has 4 N–H and O–H groups in total. The van der Waals surface area contributed by atoms with E-state index in [1.165, 1.54) is 59.7 Å². The SMILES string of the molecule is C/C=C/C(=N/C=C/n1ncc(C(=O)c2cc3cc(OC(F)F)c(NSN4CCOCC4)cc3[nH]2)c1N)Oc1c(F)cccc1F. The molecule has 0 bridgehead atoms. The first-order chi connectivity index (χ1) is 21.7. The number of nitrogens with zero attached hydrogens (tertiary/aromatic N) is 4. The van der Waals surface area contributed by atoms with E-state index in [0.29, 0.717) is 37.2 Å². The predicted molar refractivity (Wildman–Crippen MR) is 163 cm³/mol. The standard InChI is InChI=1S/C29H27F4N7O4S/c1-2-4-25(44-27-19(30)5-3-6-20(27)31)35-7-8-40-28(34)18(16-36-40)26(41)23-13-17-14-24(43-29(32)33)22(15-21(17)37-23)38-45-39-9-11-42-12-10-39/h2-8,13-16,29,37-38H,9-12,34H2,1H3/b4-2+,8-7+,35-25-. The summed E-state index contributed by atoms with van der Waals surface area (Å²) < 4.78 is 75.9. The number of aromatic nitrogens is 3. The predicted octanol–water partition coefficient (Wildman–Crippen LogP) is 5.85. The monoisotopic (exact) mass is 645 g/mol. The molecule has 1 aliphatic heterocycles. The van der Waals surface area contributed by atoms with Gasteiger partial charge in [0.05, 0.1) is 36.4 Å². The Morgan fingerprint density at radius 3 is 2.69 bits per heavy atom. The van der Waals surface area contributed by atoms with Gasteiger partial charge in [0.25, 0.3) is 0 Å². The van der Waals surface area contributed by atoms with Gasteiger partial charge in [-0.15, -0.1) is 0 Å². The number of allylic oxidation sites excluding steroid dienone is 1. The average molecular weight is 646 g/mol. The summed E-state index contributed by atoms with van der Waals surface area (Å²) in [6.45, 7) is 1.04. The maximum atomic E-state index is 14.0. The zero-order valence-corrected chi connectivity index (χ0v) is 24.5. The van der Waals surface area contributed by atoms with Crippen LogP contribution in [0.3, 0.4) is 0 Å². The average Bonchev–Trinajstić information content (AvgIpc) is 3.60. The van der Waals surface area contributed by atoms with Gasteiger partial charge < -0.3 is 29.7 Å². The highest BCUT2D eigenvalue weighted by Crippen LogP contribution is 2.35. The molecule has 0 amide bonds. The molecule has 5 rings (SSSR count). The largest absolute Gasteiger partial charge is 0.433 e. The molecule has 1 aliphatic rings. The zero-order chi connectivity index (χ0) is 31.9. The zero-order valence-electron chi connectivity index (χ0n) is 23.7. The lowest BCUT2D eigenvalue weighted by Gasteiger charge is -2.25. The first-order valence-electron chi connectivity index (χ1n) is 13.5. The van der Waals surface area contributed by atoms with Crippen molar-refractivity contribution >= 4 is 52.4 Å². The number of benzene rings is 2. The number of fused-ring (bicyclic) bond motifs is 1. The van der Waals surface area contributed by atoms with E-state index in [-0.39, 0.29) is 34.4 Å². The van der Waals surface area contributed by atoms with Crippen molar-refractivity contribution in [2.45, 2.75) is 13.5 Å². The Labute approximate surface area is 258 Å². The number of nitrogens with two attached hydrogens (primary N) is 1. The number of nitrogens with one attached hydrogen (secondary N) is 2. The number of alkyl halides is 2. The molecule has 11 nitrogen and oxygen atoms in total. The van der Waals surface area contributed by atoms with Crippen molar-refractivity contribution in [1.29, 1.82) is 0 Å². The Bertz CT molecular complexity index is 1750. The van der Waals surface area contributed by atoms with E-state index < -0.39 is 29.8 Å². The van der Waals surface area contributed by atoms with Crippen LogP contribution in [-0.2, 0) is 4.74 Å². The number of aliphatic imine (C=N–C) groups is 1. The van der Waals surface area contributed by atoms with Gasteiger partial charge in [-0.3, -0.25) is 4.79 Å². The Kier molecular flexibility index (Phi) is 10.1. The summed E-state index contributed by atoms with van der Waals surface area (Å²) >= 11 is 1.24. The fourth-order valence-corrected chi connectivity index (χ4v) is 4.94. The number of rotatable bonds is 11. The number of halogens is 4. The fourth-order valence-electron chi connectivity index (χ4n) is 4.22. The quantitative estimate of drug-likeness (QED) is 0.0605. The number of carbonyl (C=O) groups excluding carboxylic acids is 1. The molecule has 4 aromatic rings. The molecule has 45 heavy (non-hydrogen) atoms. The Balaban J connectivity index is 1.34. The Morgan fingerprint density at radius 2 is 1.98 bits per heavy atom. The molecule has 16 heteroatoms. The summed E-state index contributed by atoms with van der Waals surface area (Å²) in [6, 6.07) is 7.78. The van der Waals surface area contributed by atoms with Gasteiger partial charge in [0.15, 0.2) is 17.4 Å². The van der Waals surface area contributed by atoms with Crippen molar-refractivity contribution in [2.24, 2.45) is 4.99 Å². The van der Waals surface area contributed by atoms with Crippen LogP contribution in [-0.4, -0.2) is 63.7 Å². The minimum Gasteiger partial charge on any atom is -0.433 e. The molecular weight excluding hydrogens is 618 g/mol. The minimum atomic E-state index is -3.05. The number of ketones is 1. The molecule has 0 spiro atoms. The van der Waals surface area contributed by atoms with Crippen LogP contribution in [0.15, 0.2) is 65.9 Å². The second-order valence-corrected chi connectivity index (χ2v) is 10.3. The number of hydrogen-bond donors (Lipinski definition) is 3. The molecule has 236 valence electrons. The first kappa shape index (κ1) is 31.6. The smallest absolute Gasteiger partial charge is 0.387 e. The number of anilines is 2. The minimum absolute atomic E-state index is 0.0234. The summed E-state index contributed by atoms with van der Waals surface area (Å²) in [5.74, 6) is -3.15. The number of carbonyl (C=O) groups is 1. The molecule has 1 fully saturated rings. The highest BCUT2D eigenvalue weighted by Gasteiger charge is 2.21. The van der Waals surface area contributed by atoms with Crippen LogP contribution in [0.1, 0.15) is 23.0 Å². The van der Waals surface area contributed by atoms with Gasteiger partial charge in [-0.1, -0.05) is 12.1 Å². The third-order valence-corrected chi connectivity index (χ3v) is 7.29. The highest BCUT2D eigenvalue weighted by molar-refractivity contribution is 7.98. The molecule has 0 saturated carbocycles. The number of para-hydroxylation sites is 1. The second kappa shape index (κ2) is 14.3. The Morgan fingerprint density at radius 1 is 1.22 bits per heavy atom. The van der Waals surface area contributed by atoms with Crippen LogP contribution in [0.5, 0.6) is 11.5 Å². The molecule has 0 radical (unpaired) electrons. The molecule has 0 unspecified atom stereocenters. The fraction of sp³-hybridized carbons (Fsp3) is 0.207. The van der Waals surface area contributed by atoms with E-state index in [1.807, 2.05) is 4.31 Å². The second-order valence-electron chi connectivity index (χ2n) is 9.37. The molecular formula is C29H27F4N7O4S. The summed E-state index contributed by atoms with van der Waals surface area (Å²) in [5.41, 5.74) is 7.15. The number of morpholine rings is 1. The van der Waals surface area contributed by atoms with Crippen LogP contribution >= 0.6 is 12.1 Å². The van der Waals surface area contributed by atoms with Crippen LogP contribution in [0.4, 0.5) is 29.1 Å². The number of H-pyrrole nitrogens is 1. The van der Waals surface area contributed by atoms with Gasteiger partial charge in [-0.25, -0.2) is 22.8 Å². The highest BCUT2D eigenvalue weighted by atomic mass is 32.2. The van der Waals surface area contributed by atoms with E-state index in [0.717, 1.165) is 12.1 Å². The van der Waals surface area contributed by atoms with Crippen molar-refractivity contribution in [1.82, 2.24) is 19.1 Å². The molecule has 2 aromatic carbocycles. The molecule has 0 aliphatic carbocycles. The van der Waals surface area contributed by atoms with Crippen molar-refractivity contribution in [3.8, 4) is 11.5 Å². The number of hydrogen-bond acceptors (Lipinski definition) is 10. The lowest BCUT2D eigenvalue weighted by molar-refractivity contribution is -0.0492. The van der Waals surface area contributed by atoms with Crippen LogP contribution in [0, 0.1) is 11.6 Å².